The zero-order valence-corrected chi connectivity index (χ0v) is 25.5. The smallest absolute Gasteiger partial charge is 0.338 e. The Morgan fingerprint density at radius 3 is 2.29 bits per heavy atom. The molecule has 41 heavy (non-hydrogen) atoms. The highest BCUT2D eigenvalue weighted by Crippen LogP contribution is 2.43. The molecular formula is C34H44N4O3. The molecule has 7 nitrogen and oxygen atoms in total. The Morgan fingerprint density at radius 2 is 1.71 bits per heavy atom. The van der Waals surface area contributed by atoms with Crippen molar-refractivity contribution < 1.29 is 14.6 Å². The van der Waals surface area contributed by atoms with Crippen LogP contribution in [0.25, 0.3) is 10.9 Å². The second-order valence-electron chi connectivity index (χ2n) is 13.1. The molecule has 0 saturated carbocycles. The summed E-state index contributed by atoms with van der Waals surface area (Å²) >= 11 is 0. The van der Waals surface area contributed by atoms with Gasteiger partial charge in [0.15, 0.2) is 0 Å². The highest BCUT2D eigenvalue weighted by molar-refractivity contribution is 6.06. The van der Waals surface area contributed by atoms with E-state index in [0.29, 0.717) is 22.6 Å². The number of aryl methyl sites for hydroxylation is 1. The van der Waals surface area contributed by atoms with Gasteiger partial charge < -0.3 is 19.3 Å². The molecule has 2 aromatic carbocycles. The van der Waals surface area contributed by atoms with Gasteiger partial charge in [0.1, 0.15) is 0 Å². The Hall–Kier alpha value is -3.34. The Kier molecular flexibility index (Phi) is 7.93. The van der Waals surface area contributed by atoms with Crippen LogP contribution in [0.5, 0.6) is 0 Å². The number of ether oxygens (including phenoxy) is 1. The van der Waals surface area contributed by atoms with Gasteiger partial charge in [-0.25, -0.2) is 4.79 Å². The number of nitrogens with zero attached hydrogens (tertiary/aromatic N) is 4. The first-order chi connectivity index (χ1) is 19.5. The number of piperidine rings is 1. The van der Waals surface area contributed by atoms with Gasteiger partial charge in [0, 0.05) is 59.9 Å². The number of anilines is 1. The van der Waals surface area contributed by atoms with Crippen LogP contribution >= 0.6 is 0 Å². The molecule has 2 fully saturated rings. The first-order valence-corrected chi connectivity index (χ1v) is 15.0. The molecule has 218 valence electrons. The van der Waals surface area contributed by atoms with E-state index in [4.69, 9.17) is 4.74 Å². The van der Waals surface area contributed by atoms with Crippen LogP contribution in [0.2, 0.25) is 0 Å². The van der Waals surface area contributed by atoms with Crippen molar-refractivity contribution in [2.75, 3.05) is 44.3 Å². The summed E-state index contributed by atoms with van der Waals surface area (Å²) in [6, 6.07) is 14.9. The van der Waals surface area contributed by atoms with E-state index in [-0.39, 0.29) is 0 Å². The van der Waals surface area contributed by atoms with E-state index in [1.807, 2.05) is 6.07 Å². The molecule has 0 aliphatic carbocycles. The molecule has 0 atom stereocenters. The van der Waals surface area contributed by atoms with Gasteiger partial charge >= 0.3 is 5.97 Å². The molecule has 1 N–H and O–H groups in total. The van der Waals surface area contributed by atoms with Crippen molar-refractivity contribution in [2.45, 2.75) is 77.8 Å². The van der Waals surface area contributed by atoms with Crippen LogP contribution < -0.4 is 4.90 Å². The number of aromatic nitrogens is 1. The minimum absolute atomic E-state index is 0.317. The second kappa shape index (κ2) is 11.2. The number of aromatic carboxylic acids is 1. The van der Waals surface area contributed by atoms with E-state index >= 15 is 0 Å². The molecule has 2 aliphatic heterocycles. The number of benzene rings is 2. The van der Waals surface area contributed by atoms with Gasteiger partial charge in [-0.2, -0.15) is 5.26 Å². The normalized spacial score (nSPS) is 17.6. The maximum absolute atomic E-state index is 12.9. The Morgan fingerprint density at radius 1 is 1.02 bits per heavy atom. The van der Waals surface area contributed by atoms with Gasteiger partial charge in [-0.1, -0.05) is 39.0 Å². The van der Waals surface area contributed by atoms with Crippen LogP contribution in [-0.2, 0) is 22.1 Å². The topological polar surface area (TPSA) is 81.7 Å². The molecule has 0 radical (unpaired) electrons. The Balaban J connectivity index is 1.59. The van der Waals surface area contributed by atoms with E-state index in [0.717, 1.165) is 75.4 Å². The first-order valence-electron chi connectivity index (χ1n) is 15.0. The second-order valence-corrected chi connectivity index (χ2v) is 13.1. The lowest BCUT2D eigenvalue weighted by Gasteiger charge is -2.41. The van der Waals surface area contributed by atoms with E-state index in [1.165, 1.54) is 11.3 Å². The number of carboxylic acids is 1. The van der Waals surface area contributed by atoms with Gasteiger partial charge in [-0.15, -0.1) is 0 Å². The van der Waals surface area contributed by atoms with Gasteiger partial charge in [0.25, 0.3) is 0 Å². The van der Waals surface area contributed by atoms with Crippen molar-refractivity contribution in [3.05, 3.63) is 64.3 Å². The SMILES string of the molecule is CCc1ccc(C(C)(C)c2c(C(=O)O)c3ccc(C#N)cc3n2C(C)(C)C)cc1N1CCC(N2CCOCC2)CC1. The van der Waals surface area contributed by atoms with Crippen LogP contribution in [0.3, 0.4) is 0 Å². The van der Waals surface area contributed by atoms with Gasteiger partial charge in [0.2, 0.25) is 0 Å². The lowest BCUT2D eigenvalue weighted by molar-refractivity contribution is 0.0115. The minimum Gasteiger partial charge on any atom is -0.478 e. The molecule has 3 heterocycles. The molecule has 1 aromatic heterocycles. The minimum atomic E-state index is -0.943. The third kappa shape index (κ3) is 5.36. The predicted octanol–water partition coefficient (Wildman–Crippen LogP) is 6.16. The quantitative estimate of drug-likeness (QED) is 0.392. The maximum atomic E-state index is 12.9. The van der Waals surface area contributed by atoms with Crippen molar-refractivity contribution >= 4 is 22.6 Å². The molecule has 3 aromatic rings. The van der Waals surface area contributed by atoms with Gasteiger partial charge in [-0.3, -0.25) is 4.90 Å². The number of morpholine rings is 1. The fourth-order valence-corrected chi connectivity index (χ4v) is 6.96. The fraction of sp³-hybridized carbons (Fsp3) is 0.529. The van der Waals surface area contributed by atoms with Crippen molar-refractivity contribution in [3.8, 4) is 6.07 Å². The number of nitriles is 1. The lowest BCUT2D eigenvalue weighted by atomic mass is 9.78. The van der Waals surface area contributed by atoms with Crippen LogP contribution in [0.4, 0.5) is 5.69 Å². The van der Waals surface area contributed by atoms with E-state index in [2.05, 4.69) is 80.2 Å². The summed E-state index contributed by atoms with van der Waals surface area (Å²) in [5, 5.41) is 20.8. The Bertz CT molecular complexity index is 1480. The summed E-state index contributed by atoms with van der Waals surface area (Å²) in [4.78, 5) is 18.0. The average molecular weight is 557 g/mol. The number of fused-ring (bicyclic) bond motifs is 1. The largest absolute Gasteiger partial charge is 0.478 e. The zero-order chi connectivity index (χ0) is 29.5. The van der Waals surface area contributed by atoms with Crippen LogP contribution in [-0.4, -0.2) is 66.0 Å². The zero-order valence-electron chi connectivity index (χ0n) is 25.5. The predicted molar refractivity (Wildman–Crippen MR) is 164 cm³/mol. The third-order valence-electron chi connectivity index (χ3n) is 9.13. The highest BCUT2D eigenvalue weighted by Gasteiger charge is 2.38. The summed E-state index contributed by atoms with van der Waals surface area (Å²) < 4.78 is 7.72. The number of hydrogen-bond acceptors (Lipinski definition) is 5. The summed E-state index contributed by atoms with van der Waals surface area (Å²) in [5.74, 6) is -0.943. The van der Waals surface area contributed by atoms with Gasteiger partial charge in [0.05, 0.1) is 35.9 Å². The molecule has 2 saturated heterocycles. The van der Waals surface area contributed by atoms with Crippen LogP contribution in [0.1, 0.15) is 87.1 Å². The molecule has 0 bridgehead atoms. The average Bonchev–Trinajstić information content (AvgIpc) is 3.34. The summed E-state index contributed by atoms with van der Waals surface area (Å²) in [7, 11) is 0. The molecule has 0 spiro atoms. The molecule has 0 unspecified atom stereocenters. The lowest BCUT2D eigenvalue weighted by Crippen LogP contribution is -2.49. The fourth-order valence-electron chi connectivity index (χ4n) is 6.96. The number of carbonyl (C=O) groups is 1. The summed E-state index contributed by atoms with van der Waals surface area (Å²) in [5.41, 5.74) is 5.06. The molecule has 2 aliphatic rings. The first kappa shape index (κ1) is 29.2. The van der Waals surface area contributed by atoms with Crippen molar-refractivity contribution in [1.82, 2.24) is 9.47 Å². The van der Waals surface area contributed by atoms with Crippen molar-refractivity contribution in [1.29, 1.82) is 5.26 Å². The number of hydrogen-bond donors (Lipinski definition) is 1. The molecule has 0 amide bonds. The molecule has 5 rings (SSSR count). The van der Waals surface area contributed by atoms with Crippen molar-refractivity contribution in [3.63, 3.8) is 0 Å². The standard InChI is InChI=1S/C34H44N4O3/c1-7-24-9-10-25(21-28(24)37-14-12-26(13-15-37)36-16-18-41-19-17-36)34(5,6)31-30(32(39)40)27-11-8-23(22-35)20-29(27)38(31)33(2,3)4/h8-11,20-21,26H,7,12-19H2,1-6H3,(H,39,40). The van der Waals surface area contributed by atoms with E-state index < -0.39 is 16.9 Å². The molecular weight excluding hydrogens is 512 g/mol. The maximum Gasteiger partial charge on any atom is 0.338 e. The van der Waals surface area contributed by atoms with Crippen molar-refractivity contribution in [2.24, 2.45) is 0 Å². The van der Waals surface area contributed by atoms with E-state index in [1.54, 1.807) is 12.1 Å². The van der Waals surface area contributed by atoms with Crippen LogP contribution in [0, 0.1) is 11.3 Å². The highest BCUT2D eigenvalue weighted by atomic mass is 16.5. The van der Waals surface area contributed by atoms with E-state index in [9.17, 15) is 15.2 Å². The van der Waals surface area contributed by atoms with Crippen LogP contribution in [0.15, 0.2) is 36.4 Å². The third-order valence-corrected chi connectivity index (χ3v) is 9.13. The monoisotopic (exact) mass is 556 g/mol. The van der Waals surface area contributed by atoms with Gasteiger partial charge in [-0.05, 0) is 69.4 Å². The summed E-state index contributed by atoms with van der Waals surface area (Å²) in [6.07, 6.45) is 3.22. The Labute approximate surface area is 244 Å². The molecule has 7 heteroatoms. The number of carboxylic acid groups (broad SMARTS) is 1. The summed E-state index contributed by atoms with van der Waals surface area (Å²) in [6.45, 7) is 18.5. The number of rotatable bonds is 6.